The number of carbonyl (C=O) groups is 1. The van der Waals surface area contributed by atoms with Crippen molar-refractivity contribution in [2.24, 2.45) is 11.8 Å². The van der Waals surface area contributed by atoms with Crippen molar-refractivity contribution in [2.75, 3.05) is 27.0 Å². The molecule has 0 spiro atoms. The van der Waals surface area contributed by atoms with E-state index in [1.54, 1.807) is 19.2 Å². The Morgan fingerprint density at radius 3 is 2.63 bits per heavy atom. The van der Waals surface area contributed by atoms with Gasteiger partial charge in [-0.1, -0.05) is 26.0 Å². The van der Waals surface area contributed by atoms with Crippen molar-refractivity contribution in [1.29, 1.82) is 0 Å². The topological polar surface area (TPSA) is 68.2 Å². The Balaban J connectivity index is 1.70. The van der Waals surface area contributed by atoms with E-state index in [1.165, 1.54) is 0 Å². The van der Waals surface area contributed by atoms with Crippen molar-refractivity contribution < 1.29 is 24.1 Å². The minimum absolute atomic E-state index is 0.0846. The van der Waals surface area contributed by atoms with Crippen LogP contribution in [0.15, 0.2) is 36.4 Å². The molecule has 1 N–H and O–H groups in total. The van der Waals surface area contributed by atoms with Crippen LogP contribution in [0.3, 0.4) is 0 Å². The first-order valence-electron chi connectivity index (χ1n) is 10.5. The third-order valence-electron chi connectivity index (χ3n) is 6.01. The fourth-order valence-electron chi connectivity index (χ4n) is 4.75. The van der Waals surface area contributed by atoms with Crippen LogP contribution < -0.4 is 14.2 Å². The molecule has 2 aromatic rings. The Morgan fingerprint density at radius 1 is 1.17 bits per heavy atom. The first-order chi connectivity index (χ1) is 14.5. The summed E-state index contributed by atoms with van der Waals surface area (Å²) in [6.07, 6.45) is 1.38. The van der Waals surface area contributed by atoms with Crippen LogP contribution in [0, 0.1) is 11.8 Å². The Bertz CT molecular complexity index is 918. The van der Waals surface area contributed by atoms with Gasteiger partial charge < -0.3 is 24.2 Å². The number of piperidine rings is 1. The van der Waals surface area contributed by atoms with Crippen molar-refractivity contribution in [2.45, 2.75) is 32.6 Å². The van der Waals surface area contributed by atoms with Crippen LogP contribution in [0.4, 0.5) is 0 Å². The monoisotopic (exact) mass is 411 g/mol. The molecule has 2 heterocycles. The average Bonchev–Trinajstić information content (AvgIpc) is 3.19. The second-order valence-corrected chi connectivity index (χ2v) is 8.51. The largest absolute Gasteiger partial charge is 0.508 e. The first-order valence-corrected chi connectivity index (χ1v) is 10.5. The number of aromatic hydroxyl groups is 1. The number of benzene rings is 2. The molecule has 3 unspecified atom stereocenters. The standard InChI is InChI=1S/C24H29NO5/c1-15-9-16(2)13-25(12-15)23(27)11-18(24-19(26)5-4-6-21(24)28-3)17-7-8-20-22(10-17)30-14-29-20/h4-8,10,15-16,18,26H,9,11-14H2,1-3H3. The van der Waals surface area contributed by atoms with Gasteiger partial charge in [-0.05, 0) is 48.1 Å². The highest BCUT2D eigenvalue weighted by Crippen LogP contribution is 2.43. The maximum atomic E-state index is 13.3. The van der Waals surface area contributed by atoms with Crippen molar-refractivity contribution in [3.05, 3.63) is 47.5 Å². The van der Waals surface area contributed by atoms with Crippen LogP contribution >= 0.6 is 0 Å². The summed E-state index contributed by atoms with van der Waals surface area (Å²) in [6, 6.07) is 10.9. The highest BCUT2D eigenvalue weighted by Gasteiger charge is 2.31. The molecule has 1 saturated heterocycles. The van der Waals surface area contributed by atoms with E-state index in [0.29, 0.717) is 34.6 Å². The summed E-state index contributed by atoms with van der Waals surface area (Å²) in [5.41, 5.74) is 1.50. The molecule has 0 saturated carbocycles. The first kappa shape index (κ1) is 20.4. The number of phenols is 1. The van der Waals surface area contributed by atoms with Crippen molar-refractivity contribution in [1.82, 2.24) is 4.90 Å². The zero-order valence-corrected chi connectivity index (χ0v) is 17.8. The molecule has 3 atom stereocenters. The Morgan fingerprint density at radius 2 is 1.90 bits per heavy atom. The Hall–Kier alpha value is -2.89. The molecule has 160 valence electrons. The molecule has 2 aliphatic heterocycles. The average molecular weight is 411 g/mol. The number of hydrogen-bond donors (Lipinski definition) is 1. The van der Waals surface area contributed by atoms with Gasteiger partial charge in [-0.3, -0.25) is 4.79 Å². The third-order valence-corrected chi connectivity index (χ3v) is 6.01. The number of rotatable bonds is 5. The number of phenolic OH excluding ortho intramolecular Hbond substituents is 1. The van der Waals surface area contributed by atoms with E-state index in [0.717, 1.165) is 25.1 Å². The van der Waals surface area contributed by atoms with Gasteiger partial charge in [-0.25, -0.2) is 0 Å². The Labute approximate surface area is 177 Å². The SMILES string of the molecule is COc1cccc(O)c1C(CC(=O)N1CC(C)CC(C)C1)c1ccc2c(c1)OCO2. The number of ether oxygens (including phenoxy) is 3. The molecule has 6 nitrogen and oxygen atoms in total. The van der Waals surface area contributed by atoms with Gasteiger partial charge in [0.2, 0.25) is 12.7 Å². The van der Waals surface area contributed by atoms with E-state index in [-0.39, 0.29) is 30.8 Å². The lowest BCUT2D eigenvalue weighted by Gasteiger charge is -2.36. The zero-order valence-electron chi connectivity index (χ0n) is 17.8. The summed E-state index contributed by atoms with van der Waals surface area (Å²) in [4.78, 5) is 15.3. The van der Waals surface area contributed by atoms with E-state index >= 15 is 0 Å². The summed E-state index contributed by atoms with van der Waals surface area (Å²) >= 11 is 0. The number of amides is 1. The van der Waals surface area contributed by atoms with Crippen LogP contribution in [0.25, 0.3) is 0 Å². The van der Waals surface area contributed by atoms with Gasteiger partial charge in [0.25, 0.3) is 0 Å². The number of nitrogens with zero attached hydrogens (tertiary/aromatic N) is 1. The van der Waals surface area contributed by atoms with Gasteiger partial charge in [0.15, 0.2) is 11.5 Å². The molecule has 30 heavy (non-hydrogen) atoms. The zero-order chi connectivity index (χ0) is 21.3. The highest BCUT2D eigenvalue weighted by atomic mass is 16.7. The Kier molecular flexibility index (Phi) is 5.75. The van der Waals surface area contributed by atoms with Gasteiger partial charge in [0.1, 0.15) is 11.5 Å². The molecule has 0 aliphatic carbocycles. The molecular weight excluding hydrogens is 382 g/mol. The van der Waals surface area contributed by atoms with Crippen LogP contribution in [-0.4, -0.2) is 42.9 Å². The highest BCUT2D eigenvalue weighted by molar-refractivity contribution is 5.78. The van der Waals surface area contributed by atoms with E-state index in [9.17, 15) is 9.90 Å². The summed E-state index contributed by atoms with van der Waals surface area (Å²) in [5, 5.41) is 10.7. The maximum absolute atomic E-state index is 13.3. The summed E-state index contributed by atoms with van der Waals surface area (Å²) in [7, 11) is 1.57. The number of hydrogen-bond acceptors (Lipinski definition) is 5. The van der Waals surface area contributed by atoms with E-state index in [2.05, 4.69) is 13.8 Å². The second kappa shape index (κ2) is 8.46. The van der Waals surface area contributed by atoms with Crippen LogP contribution in [0.1, 0.15) is 43.7 Å². The number of fused-ring (bicyclic) bond motifs is 1. The molecule has 0 radical (unpaired) electrons. The van der Waals surface area contributed by atoms with Crippen molar-refractivity contribution in [3.8, 4) is 23.0 Å². The van der Waals surface area contributed by atoms with Gasteiger partial charge >= 0.3 is 0 Å². The number of methoxy groups -OCH3 is 1. The van der Waals surface area contributed by atoms with E-state index in [4.69, 9.17) is 14.2 Å². The van der Waals surface area contributed by atoms with Crippen molar-refractivity contribution >= 4 is 5.91 Å². The van der Waals surface area contributed by atoms with E-state index in [1.807, 2.05) is 29.2 Å². The summed E-state index contributed by atoms with van der Waals surface area (Å²) in [6.45, 7) is 6.12. The van der Waals surface area contributed by atoms with Gasteiger partial charge in [0, 0.05) is 31.0 Å². The minimum Gasteiger partial charge on any atom is -0.508 e. The minimum atomic E-state index is -0.365. The van der Waals surface area contributed by atoms with Gasteiger partial charge in [-0.15, -0.1) is 0 Å². The molecule has 6 heteroatoms. The van der Waals surface area contributed by atoms with Crippen molar-refractivity contribution in [3.63, 3.8) is 0 Å². The molecular formula is C24H29NO5. The molecule has 0 aromatic heterocycles. The molecule has 4 rings (SSSR count). The lowest BCUT2D eigenvalue weighted by Crippen LogP contribution is -2.43. The van der Waals surface area contributed by atoms with Crippen LogP contribution in [-0.2, 0) is 4.79 Å². The molecule has 1 fully saturated rings. The number of likely N-dealkylation sites (tertiary alicyclic amines) is 1. The normalized spacial score (nSPS) is 21.4. The quantitative estimate of drug-likeness (QED) is 0.800. The lowest BCUT2D eigenvalue weighted by molar-refractivity contribution is -0.134. The molecule has 2 aromatic carbocycles. The second-order valence-electron chi connectivity index (χ2n) is 8.51. The predicted molar refractivity (Wildman–Crippen MR) is 113 cm³/mol. The fraction of sp³-hybridized carbons (Fsp3) is 0.458. The molecule has 2 aliphatic rings. The molecule has 1 amide bonds. The smallest absolute Gasteiger partial charge is 0.231 e. The van der Waals surface area contributed by atoms with Crippen LogP contribution in [0.5, 0.6) is 23.0 Å². The lowest BCUT2D eigenvalue weighted by atomic mass is 9.85. The van der Waals surface area contributed by atoms with Gasteiger partial charge in [-0.2, -0.15) is 0 Å². The van der Waals surface area contributed by atoms with Gasteiger partial charge in [0.05, 0.1) is 7.11 Å². The third kappa shape index (κ3) is 4.04. The summed E-state index contributed by atoms with van der Waals surface area (Å²) < 4.78 is 16.5. The molecule has 0 bridgehead atoms. The fourth-order valence-corrected chi connectivity index (χ4v) is 4.75. The predicted octanol–water partition coefficient (Wildman–Crippen LogP) is 4.16. The van der Waals surface area contributed by atoms with E-state index < -0.39 is 0 Å². The number of carbonyl (C=O) groups excluding carboxylic acids is 1. The maximum Gasteiger partial charge on any atom is 0.231 e. The van der Waals surface area contributed by atoms with Crippen LogP contribution in [0.2, 0.25) is 0 Å². The summed E-state index contributed by atoms with van der Waals surface area (Å²) in [5.74, 6) is 2.71.